The summed E-state index contributed by atoms with van der Waals surface area (Å²) in [6.45, 7) is 2.78. The van der Waals surface area contributed by atoms with E-state index in [9.17, 15) is 0 Å². The van der Waals surface area contributed by atoms with Gasteiger partial charge in [-0.1, -0.05) is 13.3 Å². The first-order valence-corrected chi connectivity index (χ1v) is 7.82. The van der Waals surface area contributed by atoms with Gasteiger partial charge in [-0.2, -0.15) is 5.10 Å². The molecule has 3 rings (SSSR count). The Bertz CT molecular complexity index is 737. The lowest BCUT2D eigenvalue weighted by Crippen LogP contribution is -2.01. The minimum atomic E-state index is 0.594. The molecular weight excluding hydrogens is 290 g/mol. The van der Waals surface area contributed by atoms with Crippen molar-refractivity contribution >= 4 is 23.6 Å². The Hall–Kier alpha value is -1.66. The van der Waals surface area contributed by atoms with Crippen molar-refractivity contribution in [1.82, 2.24) is 14.8 Å². The normalized spacial score (nSPS) is 11.1. The molecule has 0 atom stereocenters. The van der Waals surface area contributed by atoms with Gasteiger partial charge in [0, 0.05) is 15.8 Å². The smallest absolute Gasteiger partial charge is 0.195 e. The third-order valence-corrected chi connectivity index (χ3v) is 4.37. The summed E-state index contributed by atoms with van der Waals surface area (Å²) in [4.78, 5) is 1.38. The topological polar surface area (TPSA) is 46.8 Å². The van der Waals surface area contributed by atoms with E-state index in [1.54, 1.807) is 17.6 Å². The molecular formula is C14H15N3OS2. The monoisotopic (exact) mass is 305 g/mol. The molecule has 3 aromatic heterocycles. The van der Waals surface area contributed by atoms with E-state index in [1.165, 1.54) is 4.88 Å². The second kappa shape index (κ2) is 5.76. The van der Waals surface area contributed by atoms with E-state index in [4.69, 9.17) is 16.6 Å². The van der Waals surface area contributed by atoms with Crippen LogP contribution in [0.5, 0.6) is 0 Å². The summed E-state index contributed by atoms with van der Waals surface area (Å²) in [5.41, 5.74) is 1.11. The van der Waals surface area contributed by atoms with Gasteiger partial charge in [0.2, 0.25) is 0 Å². The van der Waals surface area contributed by atoms with Gasteiger partial charge in [0.15, 0.2) is 10.6 Å². The number of H-pyrrole nitrogens is 1. The van der Waals surface area contributed by atoms with E-state index in [-0.39, 0.29) is 0 Å². The fourth-order valence-corrected chi connectivity index (χ4v) is 3.28. The van der Waals surface area contributed by atoms with Crippen LogP contribution in [0, 0.1) is 4.77 Å². The van der Waals surface area contributed by atoms with Crippen molar-refractivity contribution in [2.75, 3.05) is 0 Å². The summed E-state index contributed by atoms with van der Waals surface area (Å²) in [5, 5.41) is 9.35. The van der Waals surface area contributed by atoms with Gasteiger partial charge in [0.1, 0.15) is 5.76 Å². The van der Waals surface area contributed by atoms with Crippen molar-refractivity contribution in [1.29, 1.82) is 0 Å². The summed E-state index contributed by atoms with van der Waals surface area (Å²) in [6.07, 6.45) is 3.93. The van der Waals surface area contributed by atoms with Gasteiger partial charge in [-0.25, -0.2) is 0 Å². The molecule has 6 heteroatoms. The molecule has 0 saturated heterocycles. The van der Waals surface area contributed by atoms with Crippen molar-refractivity contribution in [3.63, 3.8) is 0 Å². The van der Waals surface area contributed by atoms with Crippen molar-refractivity contribution in [2.24, 2.45) is 0 Å². The number of aryl methyl sites for hydroxylation is 1. The average molecular weight is 305 g/mol. The third kappa shape index (κ3) is 2.62. The van der Waals surface area contributed by atoms with E-state index >= 15 is 0 Å². The largest absolute Gasteiger partial charge is 0.467 e. The van der Waals surface area contributed by atoms with Crippen LogP contribution >= 0.6 is 23.6 Å². The van der Waals surface area contributed by atoms with E-state index < -0.39 is 0 Å². The second-order valence-electron chi connectivity index (χ2n) is 4.57. The van der Waals surface area contributed by atoms with Gasteiger partial charge >= 0.3 is 0 Å². The molecule has 0 amide bonds. The Morgan fingerprint density at radius 2 is 2.40 bits per heavy atom. The second-order valence-corrected chi connectivity index (χ2v) is 5.95. The Morgan fingerprint density at radius 3 is 3.15 bits per heavy atom. The lowest BCUT2D eigenvalue weighted by Gasteiger charge is -2.03. The minimum absolute atomic E-state index is 0.594. The highest BCUT2D eigenvalue weighted by atomic mass is 32.1. The van der Waals surface area contributed by atoms with Crippen LogP contribution in [-0.2, 0) is 13.0 Å². The quantitative estimate of drug-likeness (QED) is 0.716. The number of thiophene rings is 1. The molecule has 3 heterocycles. The molecule has 0 aliphatic rings. The maximum absolute atomic E-state index is 5.39. The molecule has 0 fully saturated rings. The van der Waals surface area contributed by atoms with Crippen molar-refractivity contribution in [2.45, 2.75) is 26.3 Å². The molecule has 20 heavy (non-hydrogen) atoms. The van der Waals surface area contributed by atoms with Crippen molar-refractivity contribution < 1.29 is 4.42 Å². The van der Waals surface area contributed by atoms with Crippen LogP contribution in [0.2, 0.25) is 0 Å². The highest BCUT2D eigenvalue weighted by Crippen LogP contribution is 2.25. The van der Waals surface area contributed by atoms with E-state index in [0.29, 0.717) is 11.3 Å². The van der Waals surface area contributed by atoms with Crippen LogP contribution in [-0.4, -0.2) is 14.8 Å². The molecule has 104 valence electrons. The Morgan fingerprint density at radius 1 is 1.50 bits per heavy atom. The SMILES string of the molecule is CCCc1cc(-c2n[nH]c(=S)n2Cc2ccco2)cs1. The Labute approximate surface area is 126 Å². The number of aromatic nitrogens is 3. The summed E-state index contributed by atoms with van der Waals surface area (Å²) in [7, 11) is 0. The molecule has 0 aliphatic carbocycles. The zero-order chi connectivity index (χ0) is 13.9. The summed E-state index contributed by atoms with van der Waals surface area (Å²) < 4.78 is 7.97. The molecule has 0 saturated carbocycles. The number of hydrogen-bond acceptors (Lipinski definition) is 4. The first kappa shape index (κ1) is 13.3. The van der Waals surface area contributed by atoms with E-state index in [0.717, 1.165) is 30.0 Å². The molecule has 0 bridgehead atoms. The van der Waals surface area contributed by atoms with Crippen molar-refractivity contribution in [3.05, 3.63) is 45.3 Å². The molecule has 3 aromatic rings. The number of rotatable bonds is 5. The fraction of sp³-hybridized carbons (Fsp3) is 0.286. The summed E-state index contributed by atoms with van der Waals surface area (Å²) in [5.74, 6) is 1.73. The fourth-order valence-electron chi connectivity index (χ4n) is 2.12. The third-order valence-electron chi connectivity index (χ3n) is 3.06. The van der Waals surface area contributed by atoms with Gasteiger partial charge in [-0.3, -0.25) is 9.67 Å². The zero-order valence-corrected chi connectivity index (χ0v) is 12.8. The number of furan rings is 1. The van der Waals surface area contributed by atoms with Crippen LogP contribution < -0.4 is 0 Å². The summed E-state index contributed by atoms with van der Waals surface area (Å²) >= 11 is 7.08. The maximum Gasteiger partial charge on any atom is 0.195 e. The van der Waals surface area contributed by atoms with Crippen LogP contribution in [0.25, 0.3) is 11.4 Å². The Kier molecular flexibility index (Phi) is 3.84. The first-order chi connectivity index (χ1) is 9.78. The van der Waals surface area contributed by atoms with Gasteiger partial charge in [0.05, 0.1) is 12.8 Å². The average Bonchev–Trinajstić information content (AvgIpc) is 3.14. The predicted octanol–water partition coefficient (Wildman–Crippen LogP) is 4.26. The minimum Gasteiger partial charge on any atom is -0.467 e. The molecule has 4 nitrogen and oxygen atoms in total. The summed E-state index contributed by atoms with van der Waals surface area (Å²) in [6, 6.07) is 6.01. The molecule has 1 N–H and O–H groups in total. The van der Waals surface area contributed by atoms with Gasteiger partial charge in [-0.05, 0) is 36.8 Å². The van der Waals surface area contributed by atoms with Crippen LogP contribution in [0.3, 0.4) is 0 Å². The van der Waals surface area contributed by atoms with E-state index in [2.05, 4.69) is 28.6 Å². The number of nitrogens with one attached hydrogen (secondary N) is 1. The van der Waals surface area contributed by atoms with Gasteiger partial charge in [-0.15, -0.1) is 11.3 Å². The molecule has 0 radical (unpaired) electrons. The Balaban J connectivity index is 1.95. The number of hydrogen-bond donors (Lipinski definition) is 1. The number of nitrogens with zero attached hydrogens (tertiary/aromatic N) is 2. The molecule has 0 aromatic carbocycles. The van der Waals surface area contributed by atoms with Crippen molar-refractivity contribution in [3.8, 4) is 11.4 Å². The number of aromatic amines is 1. The maximum atomic E-state index is 5.39. The zero-order valence-electron chi connectivity index (χ0n) is 11.1. The van der Waals surface area contributed by atoms with Gasteiger partial charge < -0.3 is 4.42 Å². The van der Waals surface area contributed by atoms with Crippen LogP contribution in [0.4, 0.5) is 0 Å². The van der Waals surface area contributed by atoms with E-state index in [1.807, 2.05) is 16.7 Å². The van der Waals surface area contributed by atoms with Gasteiger partial charge in [0.25, 0.3) is 0 Å². The molecule has 0 aliphatic heterocycles. The lowest BCUT2D eigenvalue weighted by atomic mass is 10.2. The predicted molar refractivity (Wildman–Crippen MR) is 82.5 cm³/mol. The highest BCUT2D eigenvalue weighted by molar-refractivity contribution is 7.71. The molecule has 0 spiro atoms. The molecule has 0 unspecified atom stereocenters. The standard InChI is InChI=1S/C14H15N3OS2/c1-2-4-12-7-10(9-20-12)13-15-16-14(19)17(13)8-11-5-3-6-18-11/h3,5-7,9H,2,4,8H2,1H3,(H,16,19). The first-order valence-electron chi connectivity index (χ1n) is 6.53. The van der Waals surface area contributed by atoms with Crippen LogP contribution in [0.15, 0.2) is 34.3 Å². The van der Waals surface area contributed by atoms with Crippen LogP contribution in [0.1, 0.15) is 24.0 Å². The lowest BCUT2D eigenvalue weighted by molar-refractivity contribution is 0.493. The highest BCUT2D eigenvalue weighted by Gasteiger charge is 2.12.